The van der Waals surface area contributed by atoms with Gasteiger partial charge < -0.3 is 14.6 Å². The van der Waals surface area contributed by atoms with Crippen LogP contribution in [-0.2, 0) is 12.8 Å². The Morgan fingerprint density at radius 2 is 2.33 bits per heavy atom. The van der Waals surface area contributed by atoms with Crippen molar-refractivity contribution in [1.82, 2.24) is 5.16 Å². The highest BCUT2D eigenvalue weighted by atomic mass is 16.5. The first kappa shape index (κ1) is 13.7. The largest absolute Gasteiger partial charge is 0.497 e. The lowest BCUT2D eigenvalue weighted by molar-refractivity contribution is 0.101. The molecule has 110 valence electrons. The molecule has 0 fully saturated rings. The number of aryl methyl sites for hydroxylation is 1. The first-order valence-electron chi connectivity index (χ1n) is 7.10. The molecule has 0 radical (unpaired) electrons. The van der Waals surface area contributed by atoms with Crippen molar-refractivity contribution < 1.29 is 14.1 Å². The number of nitrogens with zero attached hydrogens (tertiary/aromatic N) is 1. The highest BCUT2D eigenvalue weighted by Crippen LogP contribution is 2.28. The topological polar surface area (TPSA) is 64.4 Å². The normalized spacial score (nSPS) is 17.1. The minimum absolute atomic E-state index is 0.234. The van der Waals surface area contributed by atoms with E-state index in [1.807, 2.05) is 18.2 Å². The van der Waals surface area contributed by atoms with E-state index in [1.54, 1.807) is 13.2 Å². The molecule has 1 aromatic carbocycles. The van der Waals surface area contributed by atoms with Gasteiger partial charge in [0.15, 0.2) is 5.69 Å². The number of methoxy groups -OCH3 is 1. The predicted octanol–water partition coefficient (Wildman–Crippen LogP) is 3.06. The Bertz CT molecular complexity index is 663. The smallest absolute Gasteiger partial charge is 0.278 e. The summed E-state index contributed by atoms with van der Waals surface area (Å²) in [6.07, 6.45) is 2.79. The van der Waals surface area contributed by atoms with Crippen molar-refractivity contribution >= 4 is 11.6 Å². The fourth-order valence-electron chi connectivity index (χ4n) is 2.65. The first-order chi connectivity index (χ1) is 10.2. The van der Waals surface area contributed by atoms with Crippen LogP contribution in [-0.4, -0.2) is 18.2 Å². The number of benzene rings is 1. The Hall–Kier alpha value is -2.30. The fraction of sp³-hybridized carbons (Fsp3) is 0.375. The quantitative estimate of drug-likeness (QED) is 0.941. The van der Waals surface area contributed by atoms with Crippen LogP contribution in [0.15, 0.2) is 28.8 Å². The molecule has 5 heteroatoms. The molecule has 1 aliphatic rings. The molecule has 5 nitrogen and oxygen atoms in total. The summed E-state index contributed by atoms with van der Waals surface area (Å²) in [6.45, 7) is 2.18. The third-order valence-electron chi connectivity index (χ3n) is 3.83. The molecule has 0 bridgehead atoms. The fourth-order valence-corrected chi connectivity index (χ4v) is 2.65. The highest BCUT2D eigenvalue weighted by Gasteiger charge is 2.26. The molecule has 21 heavy (non-hydrogen) atoms. The molecule has 0 spiro atoms. The number of fused-ring (bicyclic) bond motifs is 1. The van der Waals surface area contributed by atoms with Crippen LogP contribution in [0.25, 0.3) is 0 Å². The van der Waals surface area contributed by atoms with Gasteiger partial charge in [0.2, 0.25) is 0 Å². The third kappa shape index (κ3) is 2.77. The summed E-state index contributed by atoms with van der Waals surface area (Å²) >= 11 is 0. The highest BCUT2D eigenvalue weighted by molar-refractivity contribution is 6.04. The molecule has 0 saturated carbocycles. The minimum Gasteiger partial charge on any atom is -0.497 e. The number of carbonyl (C=O) groups is 1. The summed E-state index contributed by atoms with van der Waals surface area (Å²) < 4.78 is 10.4. The van der Waals surface area contributed by atoms with Crippen molar-refractivity contribution in [2.24, 2.45) is 5.92 Å². The van der Waals surface area contributed by atoms with Crippen LogP contribution < -0.4 is 10.1 Å². The number of amides is 1. The zero-order valence-electron chi connectivity index (χ0n) is 12.2. The Morgan fingerprint density at radius 1 is 1.48 bits per heavy atom. The van der Waals surface area contributed by atoms with E-state index >= 15 is 0 Å². The summed E-state index contributed by atoms with van der Waals surface area (Å²) in [5, 5.41) is 6.80. The Balaban J connectivity index is 1.81. The minimum atomic E-state index is -0.234. The van der Waals surface area contributed by atoms with E-state index in [0.717, 1.165) is 30.6 Å². The predicted molar refractivity (Wildman–Crippen MR) is 78.6 cm³/mol. The molecule has 3 rings (SSSR count). The van der Waals surface area contributed by atoms with E-state index in [-0.39, 0.29) is 5.91 Å². The average molecular weight is 286 g/mol. The SMILES string of the molecule is COc1cccc(NC(=O)c2noc3c2C[C@H](C)CC3)c1. The molecule has 1 aliphatic carbocycles. The maximum atomic E-state index is 12.4. The molecule has 0 aliphatic heterocycles. The summed E-state index contributed by atoms with van der Waals surface area (Å²) in [5.41, 5.74) is 2.04. The lowest BCUT2D eigenvalue weighted by Gasteiger charge is -2.16. The lowest BCUT2D eigenvalue weighted by atomic mass is 9.88. The summed E-state index contributed by atoms with van der Waals surface area (Å²) in [5.74, 6) is 1.87. The van der Waals surface area contributed by atoms with Gasteiger partial charge in [-0.25, -0.2) is 0 Å². The third-order valence-corrected chi connectivity index (χ3v) is 3.83. The summed E-state index contributed by atoms with van der Waals surface area (Å²) in [4.78, 5) is 12.4. The van der Waals surface area contributed by atoms with Gasteiger partial charge in [-0.3, -0.25) is 4.79 Å². The molecule has 1 aromatic heterocycles. The van der Waals surface area contributed by atoms with E-state index in [4.69, 9.17) is 9.26 Å². The van der Waals surface area contributed by atoms with Gasteiger partial charge in [-0.15, -0.1) is 0 Å². The van der Waals surface area contributed by atoms with Crippen LogP contribution in [0.5, 0.6) is 5.75 Å². The van der Waals surface area contributed by atoms with Gasteiger partial charge in [-0.1, -0.05) is 18.1 Å². The van der Waals surface area contributed by atoms with Crippen LogP contribution in [0.4, 0.5) is 5.69 Å². The van der Waals surface area contributed by atoms with Crippen molar-refractivity contribution in [2.75, 3.05) is 12.4 Å². The Labute approximate surface area is 123 Å². The van der Waals surface area contributed by atoms with E-state index in [1.165, 1.54) is 0 Å². The van der Waals surface area contributed by atoms with Gasteiger partial charge in [-0.05, 0) is 30.9 Å². The summed E-state index contributed by atoms with van der Waals surface area (Å²) in [7, 11) is 1.59. The van der Waals surface area contributed by atoms with E-state index in [0.29, 0.717) is 23.0 Å². The van der Waals surface area contributed by atoms with Gasteiger partial charge in [0.1, 0.15) is 11.5 Å². The molecular formula is C16H18N2O3. The van der Waals surface area contributed by atoms with E-state index in [2.05, 4.69) is 17.4 Å². The second kappa shape index (κ2) is 5.60. The van der Waals surface area contributed by atoms with Crippen LogP contribution in [0.2, 0.25) is 0 Å². The number of rotatable bonds is 3. The van der Waals surface area contributed by atoms with Gasteiger partial charge in [0, 0.05) is 23.7 Å². The Morgan fingerprint density at radius 3 is 3.14 bits per heavy atom. The molecule has 1 amide bonds. The van der Waals surface area contributed by atoms with Gasteiger partial charge >= 0.3 is 0 Å². The number of ether oxygens (including phenoxy) is 1. The maximum Gasteiger partial charge on any atom is 0.278 e. The van der Waals surface area contributed by atoms with E-state index < -0.39 is 0 Å². The second-order valence-electron chi connectivity index (χ2n) is 5.47. The number of hydrogen-bond donors (Lipinski definition) is 1. The Kier molecular flexibility index (Phi) is 3.64. The summed E-state index contributed by atoms with van der Waals surface area (Å²) in [6, 6.07) is 7.24. The van der Waals surface area contributed by atoms with Gasteiger partial charge in [0.25, 0.3) is 5.91 Å². The standard InChI is InChI=1S/C16H18N2O3/c1-10-6-7-14-13(8-10)15(18-21-14)16(19)17-11-4-3-5-12(9-11)20-2/h3-5,9-10H,6-8H2,1-2H3,(H,17,19)/t10-/m1/s1. The van der Waals surface area contributed by atoms with Crippen molar-refractivity contribution in [3.63, 3.8) is 0 Å². The number of nitrogens with one attached hydrogen (secondary N) is 1. The number of hydrogen-bond acceptors (Lipinski definition) is 4. The van der Waals surface area contributed by atoms with E-state index in [9.17, 15) is 4.79 Å². The van der Waals surface area contributed by atoms with Crippen LogP contribution >= 0.6 is 0 Å². The maximum absolute atomic E-state index is 12.4. The second-order valence-corrected chi connectivity index (χ2v) is 5.47. The zero-order chi connectivity index (χ0) is 14.8. The van der Waals surface area contributed by atoms with Gasteiger partial charge in [0.05, 0.1) is 7.11 Å². The molecule has 1 atom stereocenters. The van der Waals surface area contributed by atoms with Crippen molar-refractivity contribution in [2.45, 2.75) is 26.2 Å². The monoisotopic (exact) mass is 286 g/mol. The van der Waals surface area contributed by atoms with Crippen molar-refractivity contribution in [3.8, 4) is 5.75 Å². The number of carbonyl (C=O) groups excluding carboxylic acids is 1. The number of aromatic nitrogens is 1. The molecule has 0 unspecified atom stereocenters. The molecule has 1 heterocycles. The molecular weight excluding hydrogens is 268 g/mol. The van der Waals surface area contributed by atoms with Crippen molar-refractivity contribution in [3.05, 3.63) is 41.3 Å². The van der Waals surface area contributed by atoms with Crippen LogP contribution in [0.3, 0.4) is 0 Å². The van der Waals surface area contributed by atoms with Crippen LogP contribution in [0, 0.1) is 5.92 Å². The number of anilines is 1. The average Bonchev–Trinajstić information content (AvgIpc) is 2.90. The molecule has 2 aromatic rings. The lowest BCUT2D eigenvalue weighted by Crippen LogP contribution is -2.17. The zero-order valence-corrected chi connectivity index (χ0v) is 12.2. The van der Waals surface area contributed by atoms with Crippen molar-refractivity contribution in [1.29, 1.82) is 0 Å². The molecule has 1 N–H and O–H groups in total. The molecule has 0 saturated heterocycles. The first-order valence-corrected chi connectivity index (χ1v) is 7.10. The van der Waals surface area contributed by atoms with Gasteiger partial charge in [-0.2, -0.15) is 0 Å². The van der Waals surface area contributed by atoms with Crippen LogP contribution in [0.1, 0.15) is 35.2 Å².